The van der Waals surface area contributed by atoms with E-state index in [1.807, 2.05) is 19.4 Å². The van der Waals surface area contributed by atoms with Gasteiger partial charge in [-0.3, -0.25) is 0 Å². The van der Waals surface area contributed by atoms with Gasteiger partial charge in [-0.05, 0) is 17.7 Å². The lowest BCUT2D eigenvalue weighted by atomic mass is 10.2. The van der Waals surface area contributed by atoms with Gasteiger partial charge in [0.05, 0.1) is 0 Å². The molecule has 0 bridgehead atoms. The van der Waals surface area contributed by atoms with E-state index in [-0.39, 0.29) is 0 Å². The van der Waals surface area contributed by atoms with Crippen molar-refractivity contribution in [2.45, 2.75) is 13.0 Å². The van der Waals surface area contributed by atoms with Crippen molar-refractivity contribution in [3.05, 3.63) is 48.0 Å². The zero-order valence-corrected chi connectivity index (χ0v) is 11.0. The molecule has 2 aromatic rings. The van der Waals surface area contributed by atoms with Crippen LogP contribution in [-0.2, 0) is 20.0 Å². The van der Waals surface area contributed by atoms with Crippen LogP contribution in [0.15, 0.2) is 36.7 Å². The summed E-state index contributed by atoms with van der Waals surface area (Å²) in [6.07, 6.45) is 4.75. The van der Waals surface area contributed by atoms with Gasteiger partial charge in [-0.15, -0.1) is 0 Å². The highest BCUT2D eigenvalue weighted by molar-refractivity contribution is 5.47. The highest BCUT2D eigenvalue weighted by atomic mass is 15.1. The fourth-order valence-corrected chi connectivity index (χ4v) is 1.96. The molecule has 0 saturated heterocycles. The zero-order valence-electron chi connectivity index (χ0n) is 11.0. The molecular formula is C14H20N4. The van der Waals surface area contributed by atoms with Crippen LogP contribution >= 0.6 is 0 Å². The van der Waals surface area contributed by atoms with Crippen LogP contribution in [0, 0.1) is 0 Å². The van der Waals surface area contributed by atoms with Crippen molar-refractivity contribution < 1.29 is 0 Å². The molecule has 18 heavy (non-hydrogen) atoms. The maximum Gasteiger partial charge on any atom is 0.110 e. The van der Waals surface area contributed by atoms with Crippen LogP contribution in [0.2, 0.25) is 0 Å². The largest absolute Gasteiger partial charge is 0.374 e. The molecule has 2 N–H and O–H groups in total. The molecule has 0 unspecified atom stereocenters. The number of rotatable bonds is 5. The minimum Gasteiger partial charge on any atom is -0.374 e. The first-order valence-corrected chi connectivity index (χ1v) is 6.17. The van der Waals surface area contributed by atoms with Crippen LogP contribution < -0.4 is 10.6 Å². The molecule has 0 aliphatic carbocycles. The summed E-state index contributed by atoms with van der Waals surface area (Å²) in [6, 6.07) is 8.35. The van der Waals surface area contributed by atoms with Crippen molar-refractivity contribution in [2.24, 2.45) is 12.8 Å². The Labute approximate surface area is 108 Å². The zero-order chi connectivity index (χ0) is 13.0. The van der Waals surface area contributed by atoms with Gasteiger partial charge >= 0.3 is 0 Å². The summed E-state index contributed by atoms with van der Waals surface area (Å²) in [5.41, 5.74) is 8.02. The monoisotopic (exact) mass is 244 g/mol. The molecule has 4 nitrogen and oxygen atoms in total. The molecule has 1 heterocycles. The summed E-state index contributed by atoms with van der Waals surface area (Å²) in [5, 5.41) is 0. The molecule has 1 aromatic heterocycles. The Morgan fingerprint density at radius 2 is 2.22 bits per heavy atom. The molecule has 0 radical (unpaired) electrons. The third-order valence-electron chi connectivity index (χ3n) is 3.18. The predicted octanol–water partition coefficient (Wildman–Crippen LogP) is 1.56. The predicted molar refractivity (Wildman–Crippen MR) is 74.5 cm³/mol. The summed E-state index contributed by atoms with van der Waals surface area (Å²) in [6.45, 7) is 1.53. The molecule has 0 atom stereocenters. The van der Waals surface area contributed by atoms with Crippen molar-refractivity contribution in [3.8, 4) is 0 Å². The van der Waals surface area contributed by atoms with Crippen molar-refractivity contribution >= 4 is 5.69 Å². The van der Waals surface area contributed by atoms with E-state index in [4.69, 9.17) is 5.73 Å². The Kier molecular flexibility index (Phi) is 3.99. The van der Waals surface area contributed by atoms with E-state index < -0.39 is 0 Å². The molecule has 96 valence electrons. The summed E-state index contributed by atoms with van der Waals surface area (Å²) in [7, 11) is 4.12. The SMILES string of the molecule is CN(CCc1nccn1C)c1cccc(CN)c1. The van der Waals surface area contributed by atoms with Crippen LogP contribution in [0.5, 0.6) is 0 Å². The Bertz CT molecular complexity index is 504. The third-order valence-corrected chi connectivity index (χ3v) is 3.18. The van der Waals surface area contributed by atoms with Crippen LogP contribution in [0.25, 0.3) is 0 Å². The van der Waals surface area contributed by atoms with Crippen LogP contribution in [0.4, 0.5) is 5.69 Å². The van der Waals surface area contributed by atoms with Gasteiger partial charge in [-0.2, -0.15) is 0 Å². The van der Waals surface area contributed by atoms with E-state index in [0.717, 1.165) is 24.4 Å². The van der Waals surface area contributed by atoms with Crippen molar-refractivity contribution in [3.63, 3.8) is 0 Å². The van der Waals surface area contributed by atoms with Gasteiger partial charge in [-0.1, -0.05) is 12.1 Å². The van der Waals surface area contributed by atoms with Gasteiger partial charge in [-0.25, -0.2) is 4.98 Å². The number of hydrogen-bond donors (Lipinski definition) is 1. The maximum atomic E-state index is 5.66. The van der Waals surface area contributed by atoms with E-state index in [2.05, 4.69) is 45.8 Å². The number of benzene rings is 1. The van der Waals surface area contributed by atoms with Crippen LogP contribution in [0.1, 0.15) is 11.4 Å². The average molecular weight is 244 g/mol. The number of aryl methyl sites for hydroxylation is 1. The van der Waals surface area contributed by atoms with Crippen LogP contribution in [0.3, 0.4) is 0 Å². The van der Waals surface area contributed by atoms with Crippen molar-refractivity contribution in [1.82, 2.24) is 9.55 Å². The van der Waals surface area contributed by atoms with Gasteiger partial charge in [0.2, 0.25) is 0 Å². The second kappa shape index (κ2) is 5.69. The van der Waals surface area contributed by atoms with Crippen molar-refractivity contribution in [1.29, 1.82) is 0 Å². The minimum absolute atomic E-state index is 0.584. The fraction of sp³-hybridized carbons (Fsp3) is 0.357. The number of imidazole rings is 1. The smallest absolute Gasteiger partial charge is 0.110 e. The molecule has 4 heteroatoms. The van der Waals surface area contributed by atoms with E-state index in [1.54, 1.807) is 0 Å². The number of anilines is 1. The molecule has 0 aliphatic rings. The van der Waals surface area contributed by atoms with E-state index in [9.17, 15) is 0 Å². The lowest BCUT2D eigenvalue weighted by Gasteiger charge is -2.19. The standard InChI is InChI=1S/C14H20N4/c1-17(8-6-14-16-7-9-18(14)2)13-5-3-4-12(10-13)11-15/h3-5,7,9-10H,6,8,11,15H2,1-2H3. The number of hydrogen-bond acceptors (Lipinski definition) is 3. The fourth-order valence-electron chi connectivity index (χ4n) is 1.96. The summed E-state index contributed by atoms with van der Waals surface area (Å²) in [4.78, 5) is 6.56. The Morgan fingerprint density at radius 1 is 1.39 bits per heavy atom. The minimum atomic E-state index is 0.584. The Hall–Kier alpha value is -1.81. The highest BCUT2D eigenvalue weighted by Gasteiger charge is 2.04. The van der Waals surface area contributed by atoms with Gasteiger partial charge in [0, 0.05) is 51.7 Å². The molecule has 0 saturated carbocycles. The number of nitrogens with zero attached hydrogens (tertiary/aromatic N) is 3. The molecular weight excluding hydrogens is 224 g/mol. The van der Waals surface area contributed by atoms with Gasteiger partial charge < -0.3 is 15.2 Å². The first-order chi connectivity index (χ1) is 8.70. The summed E-state index contributed by atoms with van der Waals surface area (Å²) in [5.74, 6) is 1.11. The molecule has 0 fully saturated rings. The van der Waals surface area contributed by atoms with E-state index in [1.165, 1.54) is 5.69 Å². The molecule has 0 aliphatic heterocycles. The number of nitrogens with two attached hydrogens (primary N) is 1. The lowest BCUT2D eigenvalue weighted by Crippen LogP contribution is -2.21. The maximum absolute atomic E-state index is 5.66. The Balaban J connectivity index is 1.99. The van der Waals surface area contributed by atoms with E-state index >= 15 is 0 Å². The second-order valence-electron chi connectivity index (χ2n) is 4.50. The van der Waals surface area contributed by atoms with Gasteiger partial charge in [0.1, 0.15) is 5.82 Å². The Morgan fingerprint density at radius 3 is 2.89 bits per heavy atom. The molecule has 0 spiro atoms. The quantitative estimate of drug-likeness (QED) is 0.868. The normalized spacial score (nSPS) is 10.6. The van der Waals surface area contributed by atoms with Crippen molar-refractivity contribution in [2.75, 3.05) is 18.5 Å². The summed E-state index contributed by atoms with van der Waals surface area (Å²) >= 11 is 0. The molecule has 1 aromatic carbocycles. The molecule has 2 rings (SSSR count). The number of aromatic nitrogens is 2. The van der Waals surface area contributed by atoms with Gasteiger partial charge in [0.15, 0.2) is 0 Å². The highest BCUT2D eigenvalue weighted by Crippen LogP contribution is 2.14. The first-order valence-electron chi connectivity index (χ1n) is 6.17. The topological polar surface area (TPSA) is 47.1 Å². The molecule has 0 amide bonds. The number of likely N-dealkylation sites (N-methyl/N-ethyl adjacent to an activating group) is 1. The van der Waals surface area contributed by atoms with Crippen LogP contribution in [-0.4, -0.2) is 23.1 Å². The summed E-state index contributed by atoms with van der Waals surface area (Å²) < 4.78 is 2.06. The first kappa shape index (κ1) is 12.6. The second-order valence-corrected chi connectivity index (χ2v) is 4.50. The third kappa shape index (κ3) is 2.90. The van der Waals surface area contributed by atoms with E-state index in [0.29, 0.717) is 6.54 Å². The van der Waals surface area contributed by atoms with Gasteiger partial charge in [0.25, 0.3) is 0 Å². The average Bonchev–Trinajstić information content (AvgIpc) is 2.81. The lowest BCUT2D eigenvalue weighted by molar-refractivity contribution is 0.756.